The first-order valence-electron chi connectivity index (χ1n) is 41.5. The Hall–Kier alpha value is -14.7. The number of hydrogen-bond donors (Lipinski definition) is 0. The van der Waals surface area contributed by atoms with Crippen molar-refractivity contribution in [1.29, 1.82) is 0 Å². The number of benzene rings is 2. The van der Waals surface area contributed by atoms with Gasteiger partial charge >= 0.3 is 6.01 Å². The summed E-state index contributed by atoms with van der Waals surface area (Å²) >= 11 is 0. The van der Waals surface area contributed by atoms with Crippen LogP contribution in [0.15, 0.2) is 214 Å². The van der Waals surface area contributed by atoms with E-state index in [1.54, 1.807) is 105 Å². The summed E-state index contributed by atoms with van der Waals surface area (Å²) in [6.07, 6.45) is 26.5. The van der Waals surface area contributed by atoms with Crippen LogP contribution in [0.2, 0.25) is 0 Å². The number of para-hydroxylation sites is 1. The molecular formula is C90H84F2N24O9. The Bertz CT molecular complexity index is 6250. The largest absolute Gasteiger partial charge is 0.496 e. The van der Waals surface area contributed by atoms with Gasteiger partial charge in [-0.25, -0.2) is 48.7 Å². The van der Waals surface area contributed by atoms with Gasteiger partial charge in [0.2, 0.25) is 17.6 Å². The third-order valence-corrected chi connectivity index (χ3v) is 24.2. The highest BCUT2D eigenvalue weighted by Gasteiger charge is 2.53. The van der Waals surface area contributed by atoms with Gasteiger partial charge in [-0.3, -0.25) is 24.2 Å². The van der Waals surface area contributed by atoms with Crippen molar-refractivity contribution in [2.75, 3.05) is 33.3 Å². The Morgan fingerprint density at radius 1 is 0.392 bits per heavy atom. The van der Waals surface area contributed by atoms with Crippen molar-refractivity contribution in [3.8, 4) is 57.8 Å². The van der Waals surface area contributed by atoms with Gasteiger partial charge in [0, 0.05) is 116 Å². The molecule has 22 rings (SSSR count). The van der Waals surface area contributed by atoms with E-state index in [2.05, 4.69) is 85.4 Å². The zero-order valence-electron chi connectivity index (χ0n) is 68.4. The van der Waals surface area contributed by atoms with E-state index in [9.17, 15) is 28.0 Å². The van der Waals surface area contributed by atoms with Crippen molar-refractivity contribution < 1.29 is 51.6 Å². The molecule has 16 heterocycles. The molecule has 14 aromatic rings. The minimum absolute atomic E-state index is 0.00828. The van der Waals surface area contributed by atoms with E-state index in [0.29, 0.717) is 129 Å². The maximum Gasteiger partial charge on any atom is 0.318 e. The highest BCUT2D eigenvalue weighted by atomic mass is 19.3. The summed E-state index contributed by atoms with van der Waals surface area (Å²) in [5.74, 6) is 3.52. The zero-order chi connectivity index (χ0) is 85.3. The van der Waals surface area contributed by atoms with Gasteiger partial charge in [-0.05, 0) is 192 Å². The smallest absolute Gasteiger partial charge is 0.318 e. The number of ether oxygens (including phenoxy) is 5. The van der Waals surface area contributed by atoms with E-state index < -0.39 is 6.43 Å². The lowest BCUT2D eigenvalue weighted by molar-refractivity contribution is 0.0452. The number of aryl methyl sites for hydroxylation is 3. The van der Waals surface area contributed by atoms with Crippen LogP contribution in [0.1, 0.15) is 122 Å². The number of carbonyl (C=O) groups excluding carboxylic acids is 4. The van der Waals surface area contributed by atoms with Gasteiger partial charge in [-0.15, -0.1) is 4.80 Å². The number of aromatic nitrogens is 20. The second-order valence-corrected chi connectivity index (χ2v) is 32.4. The van der Waals surface area contributed by atoms with Crippen molar-refractivity contribution in [1.82, 2.24) is 119 Å². The monoisotopic (exact) mass is 1680 g/mol. The SMILES string of the molecule is COc1cccc(-n2nccn2)c1C(=O)N1CC2CC(Oc3ccc(C)cn3)C1C2.Cc1ccc(-n2nccn2)c(C(=O)N2CC3CC(Oc4ccc5cccnc5n4)C2C3)n1.Cc1cnc(C(=O)N2CC3CC(Oc4ccc(C(F)F)cn4)C2C3)c(-c2ncccn2)c1.O=C(c1ccccc1-n1nccn1)N1CC2CC(Oc3ncc4cccnc4n3)C1C2. The molecular weight excluding hydrogens is 1600 g/mol. The van der Waals surface area contributed by atoms with E-state index >= 15 is 0 Å². The summed E-state index contributed by atoms with van der Waals surface area (Å²) in [6, 6.07) is 38.4. The van der Waals surface area contributed by atoms with Gasteiger partial charge in [0.25, 0.3) is 30.1 Å². The van der Waals surface area contributed by atoms with E-state index in [4.69, 9.17) is 23.7 Å². The van der Waals surface area contributed by atoms with E-state index in [-0.39, 0.29) is 83.7 Å². The fourth-order valence-electron chi connectivity index (χ4n) is 18.6. The van der Waals surface area contributed by atoms with E-state index in [1.807, 2.05) is 139 Å². The number of hydrogen-bond acceptors (Lipinski definition) is 26. The summed E-state index contributed by atoms with van der Waals surface area (Å²) in [6.45, 7) is 8.55. The zero-order valence-corrected chi connectivity index (χ0v) is 68.4. The number of piperidine rings is 4. The molecule has 33 nitrogen and oxygen atoms in total. The molecule has 0 spiro atoms. The summed E-state index contributed by atoms with van der Waals surface area (Å²) in [5, 5.41) is 27.0. The molecule has 2 aromatic carbocycles. The molecule has 12 aromatic heterocycles. The minimum atomic E-state index is -2.57. The molecule has 125 heavy (non-hydrogen) atoms. The van der Waals surface area contributed by atoms with E-state index in [1.165, 1.54) is 26.5 Å². The molecule has 35 heteroatoms. The van der Waals surface area contributed by atoms with Crippen LogP contribution in [0.3, 0.4) is 0 Å². The van der Waals surface area contributed by atoms with Crippen LogP contribution >= 0.6 is 0 Å². The highest BCUT2D eigenvalue weighted by molar-refractivity contribution is 6.02. The number of likely N-dealkylation sites (tertiary alicyclic amines) is 4. The van der Waals surface area contributed by atoms with Crippen LogP contribution in [0.5, 0.6) is 29.4 Å². The number of fused-ring (bicyclic) bond motifs is 10. The molecule has 8 fully saturated rings. The quantitative estimate of drug-likeness (QED) is 0.0770. The Labute approximate surface area is 714 Å². The number of nitrogens with zero attached hydrogens (tertiary/aromatic N) is 24. The molecule has 4 saturated heterocycles. The second-order valence-electron chi connectivity index (χ2n) is 32.4. The molecule has 4 saturated carbocycles. The lowest BCUT2D eigenvalue weighted by Crippen LogP contribution is -2.47. The van der Waals surface area contributed by atoms with Gasteiger partial charge in [0.05, 0.1) is 85.3 Å². The first-order valence-corrected chi connectivity index (χ1v) is 41.5. The average molecular weight is 1680 g/mol. The average Bonchev–Trinajstić information content (AvgIpc) is 1.64. The molecule has 8 bridgehead atoms. The van der Waals surface area contributed by atoms with E-state index in [0.717, 1.165) is 91.7 Å². The van der Waals surface area contributed by atoms with Gasteiger partial charge in [-0.1, -0.05) is 24.3 Å². The number of halogens is 2. The third kappa shape index (κ3) is 16.6. The van der Waals surface area contributed by atoms with Crippen molar-refractivity contribution in [3.05, 3.63) is 259 Å². The normalized spacial score (nSPS) is 22.1. The van der Waals surface area contributed by atoms with Gasteiger partial charge in [0.1, 0.15) is 52.8 Å². The predicted molar refractivity (Wildman–Crippen MR) is 446 cm³/mol. The predicted octanol–water partition coefficient (Wildman–Crippen LogP) is 11.4. The maximum absolute atomic E-state index is 13.7. The van der Waals surface area contributed by atoms with Gasteiger partial charge in [-0.2, -0.15) is 50.2 Å². The minimum Gasteiger partial charge on any atom is -0.496 e. The molecule has 4 aliphatic heterocycles. The summed E-state index contributed by atoms with van der Waals surface area (Å²) < 4.78 is 55.6. The van der Waals surface area contributed by atoms with Crippen LogP contribution in [0.4, 0.5) is 8.78 Å². The third-order valence-electron chi connectivity index (χ3n) is 24.2. The molecule has 4 aliphatic carbocycles. The van der Waals surface area contributed by atoms with Crippen molar-refractivity contribution in [2.45, 2.75) is 127 Å². The lowest BCUT2D eigenvalue weighted by atomic mass is 10.0. The number of carbonyl (C=O) groups is 4. The maximum atomic E-state index is 13.7. The Morgan fingerprint density at radius 3 is 1.49 bits per heavy atom. The van der Waals surface area contributed by atoms with Crippen LogP contribution in [-0.4, -0.2) is 225 Å². The molecule has 0 N–H and O–H groups in total. The summed E-state index contributed by atoms with van der Waals surface area (Å²) in [5.41, 5.74) is 8.04. The molecule has 8 aliphatic rings. The number of amides is 4. The van der Waals surface area contributed by atoms with Crippen LogP contribution in [0.25, 0.3) is 50.5 Å². The van der Waals surface area contributed by atoms with Crippen LogP contribution in [0, 0.1) is 44.4 Å². The van der Waals surface area contributed by atoms with Crippen LogP contribution < -0.4 is 23.7 Å². The topological polar surface area (TPSA) is 361 Å². The number of alkyl halides is 2. The number of methoxy groups -OCH3 is 1. The second kappa shape index (κ2) is 34.7. The molecule has 12 unspecified atom stereocenters. The Morgan fingerprint density at radius 2 is 0.904 bits per heavy atom. The molecule has 4 amide bonds. The van der Waals surface area contributed by atoms with Crippen molar-refractivity contribution in [3.63, 3.8) is 0 Å². The summed E-state index contributed by atoms with van der Waals surface area (Å²) in [7, 11) is 1.57. The van der Waals surface area contributed by atoms with Crippen LogP contribution in [-0.2, 0) is 0 Å². The van der Waals surface area contributed by atoms with Gasteiger partial charge < -0.3 is 43.3 Å². The molecule has 632 valence electrons. The van der Waals surface area contributed by atoms with Gasteiger partial charge in [0.15, 0.2) is 22.8 Å². The van der Waals surface area contributed by atoms with Crippen molar-refractivity contribution in [2.24, 2.45) is 23.7 Å². The molecule has 12 atom stereocenters. The number of rotatable bonds is 18. The summed E-state index contributed by atoms with van der Waals surface area (Å²) in [4.78, 5) is 114. The first kappa shape index (κ1) is 80.1. The number of pyridine rings is 7. The lowest BCUT2D eigenvalue weighted by Gasteiger charge is -2.33. The van der Waals surface area contributed by atoms with Crippen molar-refractivity contribution >= 4 is 45.7 Å². The fourth-order valence-corrected chi connectivity index (χ4v) is 18.6. The first-order chi connectivity index (χ1) is 61.0. The Balaban J connectivity index is 0.000000109. The standard InChI is InChI=1S/C23H21F2N5O2.C23H21N7O2.C22H19N7O2.C22H23N5O3/c1-13-7-16(22-26-5-2-6-27-22)20(29-10-13)23(31)30-12-14-8-17(30)18(9-14)32-19-4-3-15(11-28-19)21(24)25;1-14-4-6-17(30-25-9-10-26-30)21(27-14)23(31)29-13-15-11-18(29)19(12-15)32-20-7-5-16-3-2-8-24-22(16)28-20;30-21(16-5-1-2-6-17(16)29-25-8-9-26-29)28-13-14-10-18(28)19(11-14)31-22-24-12-15-4-3-7-23-20(15)27-22;1-14-6-7-20(23-12-14)30-19-11-15-10-17(19)26(13-15)22(28)21-16(27-24-8-9-25-27)4-3-5-18(21)29-2/h2-7,10-11,14,17-18,21H,8-9,12H2,1H3;2-10,15,18-19H,11-13H2,1H3;1-9,12,14,18-19H,10-11,13H2;3-9,12,15,17,19H,10-11,13H2,1-2H3. The fraction of sp³-hybridized carbons (Fsp3) is 0.322. The molecule has 0 radical (unpaired) electrons. The highest BCUT2D eigenvalue weighted by Crippen LogP contribution is 2.46. The Kier molecular flexibility index (Phi) is 22.2.